The summed E-state index contributed by atoms with van der Waals surface area (Å²) in [6, 6.07) is 6.33. The van der Waals surface area contributed by atoms with E-state index in [9.17, 15) is 4.79 Å². The van der Waals surface area contributed by atoms with Gasteiger partial charge in [0.05, 0.1) is 5.75 Å². The average molecular weight is 294 g/mol. The third kappa shape index (κ3) is 5.17. The molecule has 0 fully saturated rings. The van der Waals surface area contributed by atoms with Gasteiger partial charge >= 0.3 is 0 Å². The number of aryl methyl sites for hydroxylation is 2. The van der Waals surface area contributed by atoms with Crippen LogP contribution < -0.4 is 5.73 Å². The number of thioether (sulfide) groups is 1. The molecule has 0 spiro atoms. The van der Waals surface area contributed by atoms with E-state index in [0.717, 1.165) is 0 Å². The predicted molar refractivity (Wildman–Crippen MR) is 87.1 cm³/mol. The van der Waals surface area contributed by atoms with E-state index in [1.54, 1.807) is 16.7 Å². The second kappa shape index (κ2) is 7.14. The smallest absolute Gasteiger partial charge is 0.232 e. The molecule has 1 aromatic carbocycles. The van der Waals surface area contributed by atoms with Crippen molar-refractivity contribution in [2.24, 2.45) is 11.1 Å². The Kier molecular flexibility index (Phi) is 6.08. The molecule has 20 heavy (non-hydrogen) atoms. The van der Waals surface area contributed by atoms with Crippen molar-refractivity contribution < 1.29 is 4.79 Å². The normalized spacial score (nSPS) is 11.5. The highest BCUT2D eigenvalue weighted by molar-refractivity contribution is 8.00. The van der Waals surface area contributed by atoms with Crippen molar-refractivity contribution in [2.45, 2.75) is 32.6 Å². The maximum absolute atomic E-state index is 12.2. The largest absolute Gasteiger partial charge is 0.344 e. The molecule has 0 radical (unpaired) electrons. The van der Waals surface area contributed by atoms with Gasteiger partial charge in [0.25, 0.3) is 0 Å². The van der Waals surface area contributed by atoms with Gasteiger partial charge in [-0.15, -0.1) is 11.8 Å². The monoisotopic (exact) mass is 294 g/mol. The molecule has 1 amide bonds. The summed E-state index contributed by atoms with van der Waals surface area (Å²) >= 11 is 1.61. The van der Waals surface area contributed by atoms with Crippen LogP contribution in [0.15, 0.2) is 23.1 Å². The molecule has 0 saturated carbocycles. The van der Waals surface area contributed by atoms with Crippen molar-refractivity contribution in [2.75, 3.05) is 25.9 Å². The van der Waals surface area contributed by atoms with Crippen molar-refractivity contribution in [1.82, 2.24) is 4.90 Å². The average Bonchev–Trinajstić information content (AvgIpc) is 2.39. The van der Waals surface area contributed by atoms with E-state index in [0.29, 0.717) is 18.8 Å². The SMILES string of the molecule is Cc1ccc(C)c(SCC(=O)N(C)CC(C)(C)CN)c1. The Bertz CT molecular complexity index is 472. The van der Waals surface area contributed by atoms with E-state index in [2.05, 4.69) is 45.9 Å². The van der Waals surface area contributed by atoms with Gasteiger partial charge in [0.1, 0.15) is 0 Å². The molecule has 4 heteroatoms. The minimum atomic E-state index is -0.0334. The fraction of sp³-hybridized carbons (Fsp3) is 0.562. The Morgan fingerprint density at radius 1 is 1.35 bits per heavy atom. The van der Waals surface area contributed by atoms with E-state index in [-0.39, 0.29) is 11.3 Å². The minimum absolute atomic E-state index is 0.0334. The fourth-order valence-corrected chi connectivity index (χ4v) is 2.97. The molecule has 3 nitrogen and oxygen atoms in total. The van der Waals surface area contributed by atoms with Gasteiger partial charge in [0.15, 0.2) is 0 Å². The van der Waals surface area contributed by atoms with E-state index < -0.39 is 0 Å². The molecule has 0 unspecified atom stereocenters. The van der Waals surface area contributed by atoms with Crippen LogP contribution in [0.5, 0.6) is 0 Å². The third-order valence-corrected chi connectivity index (χ3v) is 4.48. The van der Waals surface area contributed by atoms with Crippen LogP contribution >= 0.6 is 11.8 Å². The molecule has 0 aliphatic rings. The van der Waals surface area contributed by atoms with Crippen molar-refractivity contribution in [3.63, 3.8) is 0 Å². The first-order valence-electron chi connectivity index (χ1n) is 6.89. The molecule has 0 aliphatic carbocycles. The number of nitrogens with zero attached hydrogens (tertiary/aromatic N) is 1. The molecular weight excluding hydrogens is 268 g/mol. The van der Waals surface area contributed by atoms with Crippen LogP contribution in [-0.2, 0) is 4.79 Å². The zero-order valence-corrected chi connectivity index (χ0v) is 14.0. The van der Waals surface area contributed by atoms with Crippen LogP contribution in [-0.4, -0.2) is 36.7 Å². The Labute approximate surface area is 126 Å². The lowest BCUT2D eigenvalue weighted by Gasteiger charge is -2.29. The molecule has 2 N–H and O–H groups in total. The zero-order valence-electron chi connectivity index (χ0n) is 13.2. The number of hydrogen-bond donors (Lipinski definition) is 1. The maximum atomic E-state index is 12.2. The quantitative estimate of drug-likeness (QED) is 0.821. The van der Waals surface area contributed by atoms with Gasteiger partial charge in [-0.2, -0.15) is 0 Å². The fourth-order valence-electron chi connectivity index (χ4n) is 1.91. The first-order chi connectivity index (χ1) is 9.25. The summed E-state index contributed by atoms with van der Waals surface area (Å²) in [5, 5.41) is 0. The Hall–Kier alpha value is -1.00. The maximum Gasteiger partial charge on any atom is 0.232 e. The lowest BCUT2D eigenvalue weighted by Crippen LogP contribution is -2.40. The van der Waals surface area contributed by atoms with E-state index in [1.807, 2.05) is 7.05 Å². The van der Waals surface area contributed by atoms with Gasteiger partial charge in [0, 0.05) is 18.5 Å². The van der Waals surface area contributed by atoms with Crippen LogP contribution in [0.1, 0.15) is 25.0 Å². The first kappa shape index (κ1) is 17.1. The van der Waals surface area contributed by atoms with Crippen LogP contribution in [0.3, 0.4) is 0 Å². The van der Waals surface area contributed by atoms with Crippen molar-refractivity contribution in [3.8, 4) is 0 Å². The number of amides is 1. The van der Waals surface area contributed by atoms with Crippen molar-refractivity contribution in [1.29, 1.82) is 0 Å². The van der Waals surface area contributed by atoms with E-state index in [4.69, 9.17) is 5.73 Å². The predicted octanol–water partition coefficient (Wildman–Crippen LogP) is 2.84. The van der Waals surface area contributed by atoms with Crippen LogP contribution in [0, 0.1) is 19.3 Å². The number of nitrogens with two attached hydrogens (primary N) is 1. The Balaban J connectivity index is 2.57. The Morgan fingerprint density at radius 2 is 2.00 bits per heavy atom. The Morgan fingerprint density at radius 3 is 2.60 bits per heavy atom. The first-order valence-corrected chi connectivity index (χ1v) is 7.88. The number of carbonyl (C=O) groups is 1. The van der Waals surface area contributed by atoms with Crippen LogP contribution in [0.2, 0.25) is 0 Å². The third-order valence-electron chi connectivity index (χ3n) is 3.34. The molecule has 0 aliphatic heterocycles. The molecule has 1 rings (SSSR count). The van der Waals surface area contributed by atoms with Gasteiger partial charge in [-0.05, 0) is 37.4 Å². The highest BCUT2D eigenvalue weighted by Crippen LogP contribution is 2.24. The summed E-state index contributed by atoms with van der Waals surface area (Å²) in [4.78, 5) is 15.1. The van der Waals surface area contributed by atoms with Gasteiger partial charge in [-0.1, -0.05) is 31.5 Å². The number of rotatable bonds is 6. The molecular formula is C16H26N2OS. The van der Waals surface area contributed by atoms with Crippen molar-refractivity contribution >= 4 is 17.7 Å². The molecule has 0 saturated heterocycles. The zero-order chi connectivity index (χ0) is 15.3. The molecule has 0 aromatic heterocycles. The molecule has 1 aromatic rings. The van der Waals surface area contributed by atoms with Gasteiger partial charge < -0.3 is 10.6 Å². The highest BCUT2D eigenvalue weighted by atomic mass is 32.2. The number of carbonyl (C=O) groups excluding carboxylic acids is 1. The topological polar surface area (TPSA) is 46.3 Å². The van der Waals surface area contributed by atoms with Crippen molar-refractivity contribution in [3.05, 3.63) is 29.3 Å². The highest BCUT2D eigenvalue weighted by Gasteiger charge is 2.21. The molecule has 112 valence electrons. The second-order valence-electron chi connectivity index (χ2n) is 6.18. The van der Waals surface area contributed by atoms with Gasteiger partial charge in [0.2, 0.25) is 5.91 Å². The summed E-state index contributed by atoms with van der Waals surface area (Å²) in [5.41, 5.74) is 8.13. The van der Waals surface area contributed by atoms with Crippen LogP contribution in [0.25, 0.3) is 0 Å². The summed E-state index contributed by atoms with van der Waals surface area (Å²) in [5.74, 6) is 0.624. The second-order valence-corrected chi connectivity index (χ2v) is 7.19. The number of hydrogen-bond acceptors (Lipinski definition) is 3. The van der Waals surface area contributed by atoms with Gasteiger partial charge in [-0.3, -0.25) is 4.79 Å². The summed E-state index contributed by atoms with van der Waals surface area (Å²) < 4.78 is 0. The lowest BCUT2D eigenvalue weighted by atomic mass is 9.93. The molecule has 0 bridgehead atoms. The summed E-state index contributed by atoms with van der Waals surface area (Å²) in [6.45, 7) is 9.57. The molecule has 0 heterocycles. The van der Waals surface area contributed by atoms with Crippen LogP contribution in [0.4, 0.5) is 0 Å². The molecule has 0 atom stereocenters. The van der Waals surface area contributed by atoms with Gasteiger partial charge in [-0.25, -0.2) is 0 Å². The lowest BCUT2D eigenvalue weighted by molar-refractivity contribution is -0.128. The minimum Gasteiger partial charge on any atom is -0.344 e. The van der Waals surface area contributed by atoms with E-state index >= 15 is 0 Å². The number of benzene rings is 1. The summed E-state index contributed by atoms with van der Waals surface area (Å²) in [7, 11) is 1.85. The summed E-state index contributed by atoms with van der Waals surface area (Å²) in [6.07, 6.45) is 0. The standard InChI is InChI=1S/C16H26N2OS/c1-12-6-7-13(2)14(8-12)20-9-15(19)18(5)11-16(3,4)10-17/h6-8H,9-11,17H2,1-5H3. The van der Waals surface area contributed by atoms with E-state index in [1.165, 1.54) is 16.0 Å².